The molecule has 0 spiro atoms. The standard InChI is InChI=1S/C10H13NO2/c1-2-3-9-13-10(12)11-7-5-4-6-8-11/h2,4-7H,1,3,8-9H2. The van der Waals surface area contributed by atoms with Gasteiger partial charge in [-0.05, 0) is 12.5 Å². The van der Waals surface area contributed by atoms with Gasteiger partial charge in [0.1, 0.15) is 0 Å². The summed E-state index contributed by atoms with van der Waals surface area (Å²) >= 11 is 0. The van der Waals surface area contributed by atoms with E-state index < -0.39 is 0 Å². The Bertz CT molecular complexity index is 243. The Labute approximate surface area is 78.0 Å². The summed E-state index contributed by atoms with van der Waals surface area (Å²) in [7, 11) is 0. The lowest BCUT2D eigenvalue weighted by molar-refractivity contribution is 0.121. The van der Waals surface area contributed by atoms with Gasteiger partial charge in [0.2, 0.25) is 0 Å². The highest BCUT2D eigenvalue weighted by molar-refractivity contribution is 5.69. The second kappa shape index (κ2) is 5.19. The first kappa shape index (κ1) is 9.58. The maximum atomic E-state index is 11.3. The molecule has 3 nitrogen and oxygen atoms in total. The molecule has 0 N–H and O–H groups in total. The second-order valence-corrected chi connectivity index (χ2v) is 2.61. The molecule has 0 fully saturated rings. The second-order valence-electron chi connectivity index (χ2n) is 2.61. The van der Waals surface area contributed by atoms with E-state index in [0.717, 1.165) is 0 Å². The maximum absolute atomic E-state index is 11.3. The van der Waals surface area contributed by atoms with Gasteiger partial charge in [0, 0.05) is 12.7 Å². The molecule has 13 heavy (non-hydrogen) atoms. The van der Waals surface area contributed by atoms with E-state index in [-0.39, 0.29) is 6.09 Å². The number of carbonyl (C=O) groups is 1. The summed E-state index contributed by atoms with van der Waals surface area (Å²) < 4.78 is 4.95. The molecule has 0 aromatic heterocycles. The van der Waals surface area contributed by atoms with Crippen LogP contribution in [-0.2, 0) is 4.74 Å². The third kappa shape index (κ3) is 3.15. The van der Waals surface area contributed by atoms with Crippen molar-refractivity contribution in [2.45, 2.75) is 6.42 Å². The van der Waals surface area contributed by atoms with Gasteiger partial charge in [0.15, 0.2) is 0 Å². The van der Waals surface area contributed by atoms with E-state index in [1.54, 1.807) is 18.4 Å². The lowest BCUT2D eigenvalue weighted by Gasteiger charge is -2.17. The van der Waals surface area contributed by atoms with E-state index in [2.05, 4.69) is 6.58 Å². The largest absolute Gasteiger partial charge is 0.449 e. The monoisotopic (exact) mass is 179 g/mol. The normalized spacial score (nSPS) is 14.3. The van der Waals surface area contributed by atoms with Crippen LogP contribution in [0.15, 0.2) is 37.1 Å². The van der Waals surface area contributed by atoms with E-state index in [1.165, 1.54) is 4.90 Å². The van der Waals surface area contributed by atoms with Crippen LogP contribution >= 0.6 is 0 Å². The first-order valence-electron chi connectivity index (χ1n) is 4.22. The molecule has 0 radical (unpaired) electrons. The van der Waals surface area contributed by atoms with E-state index in [4.69, 9.17) is 4.74 Å². The molecule has 70 valence electrons. The number of hydrogen-bond donors (Lipinski definition) is 0. The summed E-state index contributed by atoms with van der Waals surface area (Å²) in [6.07, 6.45) is 9.41. The molecular formula is C10H13NO2. The minimum absolute atomic E-state index is 0.303. The Morgan fingerprint density at radius 1 is 1.62 bits per heavy atom. The number of hydrogen-bond acceptors (Lipinski definition) is 2. The van der Waals surface area contributed by atoms with Crippen LogP contribution in [0.2, 0.25) is 0 Å². The molecule has 0 saturated carbocycles. The number of rotatable bonds is 3. The van der Waals surface area contributed by atoms with Gasteiger partial charge < -0.3 is 4.74 Å². The van der Waals surface area contributed by atoms with Crippen LogP contribution in [-0.4, -0.2) is 24.1 Å². The van der Waals surface area contributed by atoms with Crippen LogP contribution in [0.3, 0.4) is 0 Å². The lowest BCUT2D eigenvalue weighted by Crippen LogP contribution is -2.27. The fraction of sp³-hybridized carbons (Fsp3) is 0.300. The third-order valence-corrected chi connectivity index (χ3v) is 1.60. The van der Waals surface area contributed by atoms with Crippen LogP contribution in [0.5, 0.6) is 0 Å². The zero-order chi connectivity index (χ0) is 9.52. The van der Waals surface area contributed by atoms with Crippen LogP contribution in [0, 0.1) is 0 Å². The zero-order valence-corrected chi connectivity index (χ0v) is 7.48. The molecule has 3 heteroatoms. The predicted octanol–water partition coefficient (Wildman–Crippen LogP) is 2.08. The van der Waals surface area contributed by atoms with Gasteiger partial charge in [-0.2, -0.15) is 0 Å². The van der Waals surface area contributed by atoms with Crippen LogP contribution in [0.1, 0.15) is 6.42 Å². The van der Waals surface area contributed by atoms with Gasteiger partial charge in [-0.25, -0.2) is 4.79 Å². The van der Waals surface area contributed by atoms with Crippen molar-refractivity contribution in [1.82, 2.24) is 4.90 Å². The molecule has 1 aliphatic rings. The highest BCUT2D eigenvalue weighted by Crippen LogP contribution is 2.01. The van der Waals surface area contributed by atoms with Crippen molar-refractivity contribution in [3.8, 4) is 0 Å². The van der Waals surface area contributed by atoms with Crippen molar-refractivity contribution >= 4 is 6.09 Å². The molecule has 0 aliphatic carbocycles. The van der Waals surface area contributed by atoms with E-state index in [9.17, 15) is 4.79 Å². The first-order chi connectivity index (χ1) is 6.34. The molecule has 0 saturated heterocycles. The number of nitrogens with zero attached hydrogens (tertiary/aromatic N) is 1. The number of allylic oxidation sites excluding steroid dienone is 2. The fourth-order valence-electron chi connectivity index (χ4n) is 0.915. The highest BCUT2D eigenvalue weighted by Gasteiger charge is 2.10. The Morgan fingerprint density at radius 2 is 2.46 bits per heavy atom. The quantitative estimate of drug-likeness (QED) is 0.490. The van der Waals surface area contributed by atoms with Crippen LogP contribution in [0.4, 0.5) is 4.79 Å². The van der Waals surface area contributed by atoms with Crippen molar-refractivity contribution in [1.29, 1.82) is 0 Å². The predicted molar refractivity (Wildman–Crippen MR) is 51.1 cm³/mol. The molecular weight excluding hydrogens is 166 g/mol. The van der Waals surface area contributed by atoms with E-state index >= 15 is 0 Å². The zero-order valence-electron chi connectivity index (χ0n) is 7.48. The van der Waals surface area contributed by atoms with Gasteiger partial charge in [-0.15, -0.1) is 6.58 Å². The molecule has 0 aromatic carbocycles. The number of ether oxygens (including phenoxy) is 1. The van der Waals surface area contributed by atoms with E-state index in [0.29, 0.717) is 19.6 Å². The molecule has 1 rings (SSSR count). The summed E-state index contributed by atoms with van der Waals surface area (Å²) in [5.74, 6) is 0. The Hall–Kier alpha value is -1.51. The summed E-state index contributed by atoms with van der Waals surface area (Å²) in [6.45, 7) is 4.53. The van der Waals surface area contributed by atoms with Crippen molar-refractivity contribution in [2.24, 2.45) is 0 Å². The molecule has 0 atom stereocenters. The molecule has 1 amide bonds. The van der Waals surface area contributed by atoms with Gasteiger partial charge in [0.25, 0.3) is 0 Å². The minimum Gasteiger partial charge on any atom is -0.449 e. The van der Waals surface area contributed by atoms with E-state index in [1.807, 2.05) is 12.2 Å². The lowest BCUT2D eigenvalue weighted by atomic mass is 10.4. The van der Waals surface area contributed by atoms with Crippen molar-refractivity contribution in [2.75, 3.05) is 13.2 Å². The number of amides is 1. The van der Waals surface area contributed by atoms with Gasteiger partial charge in [-0.1, -0.05) is 18.2 Å². The summed E-state index contributed by atoms with van der Waals surface area (Å²) in [5, 5.41) is 0. The average Bonchev–Trinajstić information content (AvgIpc) is 2.19. The smallest absolute Gasteiger partial charge is 0.414 e. The first-order valence-corrected chi connectivity index (χ1v) is 4.22. The maximum Gasteiger partial charge on any atom is 0.414 e. The highest BCUT2D eigenvalue weighted by atomic mass is 16.6. The van der Waals surface area contributed by atoms with Crippen LogP contribution in [0.25, 0.3) is 0 Å². The van der Waals surface area contributed by atoms with Crippen molar-refractivity contribution in [3.05, 3.63) is 37.1 Å². The summed E-state index contributed by atoms with van der Waals surface area (Å²) in [4.78, 5) is 12.8. The Kier molecular flexibility index (Phi) is 3.82. The van der Waals surface area contributed by atoms with Gasteiger partial charge >= 0.3 is 6.09 Å². The topological polar surface area (TPSA) is 29.5 Å². The molecule has 1 aliphatic heterocycles. The van der Waals surface area contributed by atoms with Crippen molar-refractivity contribution < 1.29 is 9.53 Å². The average molecular weight is 179 g/mol. The molecule has 1 heterocycles. The Balaban J connectivity index is 2.27. The van der Waals surface area contributed by atoms with Gasteiger partial charge in [-0.3, -0.25) is 4.90 Å². The Morgan fingerprint density at radius 3 is 3.08 bits per heavy atom. The summed E-state index contributed by atoms with van der Waals surface area (Å²) in [5.41, 5.74) is 0. The summed E-state index contributed by atoms with van der Waals surface area (Å²) in [6, 6.07) is 0. The molecule has 0 aromatic rings. The minimum atomic E-state index is -0.303. The van der Waals surface area contributed by atoms with Crippen LogP contribution < -0.4 is 0 Å². The number of carbonyl (C=O) groups excluding carboxylic acids is 1. The third-order valence-electron chi connectivity index (χ3n) is 1.60. The van der Waals surface area contributed by atoms with Gasteiger partial charge in [0.05, 0.1) is 6.61 Å². The molecule has 0 unspecified atom stereocenters. The van der Waals surface area contributed by atoms with Crippen molar-refractivity contribution in [3.63, 3.8) is 0 Å². The fourth-order valence-corrected chi connectivity index (χ4v) is 0.915. The SMILES string of the molecule is C=CCCOC(=O)N1C=CC=CC1. The molecule has 0 bridgehead atoms.